The van der Waals surface area contributed by atoms with Crippen molar-refractivity contribution in [3.05, 3.63) is 29.6 Å². The summed E-state index contributed by atoms with van der Waals surface area (Å²) in [5.74, 6) is -1.51. The Morgan fingerprint density at radius 2 is 2.03 bits per heavy atom. The number of likely N-dealkylation sites (tertiary alicyclic amines) is 1. The first-order valence-corrected chi connectivity index (χ1v) is 9.33. The van der Waals surface area contributed by atoms with Crippen LogP contribution < -0.4 is 10.1 Å². The van der Waals surface area contributed by atoms with Crippen molar-refractivity contribution in [2.24, 2.45) is 11.8 Å². The van der Waals surface area contributed by atoms with Gasteiger partial charge in [-0.1, -0.05) is 0 Å². The molecule has 29 heavy (non-hydrogen) atoms. The van der Waals surface area contributed by atoms with Gasteiger partial charge < -0.3 is 19.7 Å². The van der Waals surface area contributed by atoms with Gasteiger partial charge in [0.05, 0.1) is 11.1 Å². The van der Waals surface area contributed by atoms with E-state index in [0.717, 1.165) is 12.1 Å². The van der Waals surface area contributed by atoms with Gasteiger partial charge in [0.1, 0.15) is 12.7 Å². The Kier molecular flexibility index (Phi) is 4.62. The molecule has 1 unspecified atom stereocenters. The maximum absolute atomic E-state index is 13.9. The Morgan fingerprint density at radius 3 is 2.59 bits per heavy atom. The molecule has 1 saturated carbocycles. The number of halogens is 4. The zero-order chi connectivity index (χ0) is 21.0. The zero-order valence-electron chi connectivity index (χ0n) is 15.6. The monoisotopic (exact) mass is 416 g/mol. The number of nitrogens with zero attached hydrogens (tertiary/aromatic N) is 1. The smallest absolute Gasteiger partial charge is 0.416 e. The molecule has 2 heterocycles. The molecule has 0 radical (unpaired) electrons. The first kappa shape index (κ1) is 19.8. The highest BCUT2D eigenvalue weighted by Crippen LogP contribution is 2.42. The number of benzene rings is 1. The van der Waals surface area contributed by atoms with E-state index in [1.807, 2.05) is 0 Å². The molecule has 1 aliphatic carbocycles. The van der Waals surface area contributed by atoms with Crippen LogP contribution in [0.4, 0.5) is 22.4 Å². The van der Waals surface area contributed by atoms with Crippen LogP contribution in [-0.2, 0) is 15.7 Å². The Labute approximate surface area is 164 Å². The zero-order valence-corrected chi connectivity index (χ0v) is 15.6. The second-order valence-electron chi connectivity index (χ2n) is 8.06. The highest BCUT2D eigenvalue weighted by Gasteiger charge is 2.54. The molecule has 0 aromatic heterocycles. The van der Waals surface area contributed by atoms with Crippen molar-refractivity contribution in [3.8, 4) is 5.75 Å². The molecule has 1 spiro atoms. The molecule has 2 saturated heterocycles. The lowest BCUT2D eigenvalue weighted by molar-refractivity contribution is -0.149. The van der Waals surface area contributed by atoms with Crippen LogP contribution in [0.25, 0.3) is 0 Å². The van der Waals surface area contributed by atoms with Crippen LogP contribution in [0.2, 0.25) is 0 Å². The highest BCUT2D eigenvalue weighted by molar-refractivity contribution is 5.82. The summed E-state index contributed by atoms with van der Waals surface area (Å²) in [6, 6.07) is 2.16. The van der Waals surface area contributed by atoms with Gasteiger partial charge in [0.25, 0.3) is 0 Å². The van der Waals surface area contributed by atoms with Crippen LogP contribution in [0, 0.1) is 17.7 Å². The molecule has 10 heteroatoms. The van der Waals surface area contributed by atoms with Gasteiger partial charge in [0.2, 0.25) is 5.91 Å². The lowest BCUT2D eigenvalue weighted by Crippen LogP contribution is -2.62. The van der Waals surface area contributed by atoms with Gasteiger partial charge in [-0.2, -0.15) is 13.2 Å². The third-order valence-corrected chi connectivity index (χ3v) is 5.93. The number of hydrogen-bond donors (Lipinski definition) is 1. The molecular formula is C19H20F4N2O4. The van der Waals surface area contributed by atoms with Gasteiger partial charge in [-0.25, -0.2) is 9.18 Å². The van der Waals surface area contributed by atoms with Crippen molar-refractivity contribution in [2.75, 3.05) is 19.7 Å². The average Bonchev–Trinajstić information content (AvgIpc) is 2.95. The second kappa shape index (κ2) is 6.77. The molecule has 6 nitrogen and oxygen atoms in total. The molecule has 2 amide bonds. The first-order valence-electron chi connectivity index (χ1n) is 9.33. The second-order valence-corrected chi connectivity index (χ2v) is 8.06. The van der Waals surface area contributed by atoms with Gasteiger partial charge in [0, 0.05) is 24.9 Å². The number of alkyl halides is 3. The van der Waals surface area contributed by atoms with Crippen molar-refractivity contribution >= 4 is 12.0 Å². The van der Waals surface area contributed by atoms with E-state index in [1.54, 1.807) is 11.8 Å². The van der Waals surface area contributed by atoms with Crippen LogP contribution in [0.1, 0.15) is 25.3 Å². The van der Waals surface area contributed by atoms with E-state index in [2.05, 4.69) is 5.32 Å². The van der Waals surface area contributed by atoms with Crippen LogP contribution in [0.5, 0.6) is 5.75 Å². The fourth-order valence-corrected chi connectivity index (χ4v) is 4.09. The minimum atomic E-state index is -4.62. The summed E-state index contributed by atoms with van der Waals surface area (Å²) in [6.07, 6.45) is -4.45. The molecule has 3 fully saturated rings. The number of carbonyl (C=O) groups is 2. The van der Waals surface area contributed by atoms with Crippen molar-refractivity contribution in [2.45, 2.75) is 37.6 Å². The molecule has 158 valence electrons. The molecule has 1 atom stereocenters. The largest absolute Gasteiger partial charge is 0.487 e. The van der Waals surface area contributed by atoms with Crippen molar-refractivity contribution in [1.29, 1.82) is 0 Å². The van der Waals surface area contributed by atoms with Gasteiger partial charge in [-0.3, -0.25) is 4.79 Å². The standard InChI is InChI=1S/C19H20F4N2O4/c1-10(29-15-3-2-13(4-14(15)20)19(21,22)23)12-7-25(8-12)16(26)11-5-18(6-11)9-28-17(27)24-18/h2-4,10-12H,5-9H2,1H3,(H,24,27). The van der Waals surface area contributed by atoms with E-state index < -0.39 is 35.3 Å². The molecule has 1 N–H and O–H groups in total. The number of ether oxygens (including phenoxy) is 2. The van der Waals surface area contributed by atoms with E-state index in [1.165, 1.54) is 0 Å². The summed E-state index contributed by atoms with van der Waals surface area (Å²) in [6.45, 7) is 2.86. The topological polar surface area (TPSA) is 67.9 Å². The Bertz CT molecular complexity index is 832. The molecule has 4 rings (SSSR count). The Hall–Kier alpha value is -2.52. The fourth-order valence-electron chi connectivity index (χ4n) is 4.09. The third-order valence-electron chi connectivity index (χ3n) is 5.93. The quantitative estimate of drug-likeness (QED) is 0.767. The molecule has 1 aromatic rings. The Morgan fingerprint density at radius 1 is 1.34 bits per heavy atom. The van der Waals surface area contributed by atoms with Gasteiger partial charge in [-0.05, 0) is 38.0 Å². The van der Waals surface area contributed by atoms with E-state index in [0.29, 0.717) is 32.0 Å². The van der Waals surface area contributed by atoms with E-state index in [-0.39, 0.29) is 30.1 Å². The number of rotatable bonds is 4. The van der Waals surface area contributed by atoms with Crippen molar-refractivity contribution in [3.63, 3.8) is 0 Å². The lowest BCUT2D eigenvalue weighted by atomic mass is 9.68. The maximum Gasteiger partial charge on any atom is 0.416 e. The summed E-state index contributed by atoms with van der Waals surface area (Å²) >= 11 is 0. The molecule has 2 aliphatic heterocycles. The van der Waals surface area contributed by atoms with E-state index >= 15 is 0 Å². The molecule has 0 bridgehead atoms. The number of carbonyl (C=O) groups excluding carboxylic acids is 2. The Balaban J connectivity index is 1.26. The summed E-state index contributed by atoms with van der Waals surface area (Å²) in [7, 11) is 0. The highest BCUT2D eigenvalue weighted by atomic mass is 19.4. The number of hydrogen-bond acceptors (Lipinski definition) is 4. The SMILES string of the molecule is CC(Oc1ccc(C(F)(F)F)cc1F)C1CN(C(=O)C2CC3(COC(=O)N3)C2)C1. The van der Waals surface area contributed by atoms with Gasteiger partial charge >= 0.3 is 12.3 Å². The fraction of sp³-hybridized carbons (Fsp3) is 0.579. The summed E-state index contributed by atoms with van der Waals surface area (Å²) in [5, 5.41) is 2.74. The van der Waals surface area contributed by atoms with E-state index in [9.17, 15) is 27.2 Å². The minimum Gasteiger partial charge on any atom is -0.487 e. The third kappa shape index (κ3) is 3.72. The van der Waals surface area contributed by atoms with Gasteiger partial charge in [0.15, 0.2) is 11.6 Å². The number of alkyl carbamates (subject to hydrolysis) is 1. The number of nitrogens with one attached hydrogen (secondary N) is 1. The lowest BCUT2D eigenvalue weighted by Gasteiger charge is -2.48. The van der Waals surface area contributed by atoms with Crippen LogP contribution in [-0.4, -0.2) is 48.2 Å². The number of amides is 2. The molecule has 1 aromatic carbocycles. The van der Waals surface area contributed by atoms with Gasteiger partial charge in [-0.15, -0.1) is 0 Å². The minimum absolute atomic E-state index is 0.000865. The molecular weight excluding hydrogens is 396 g/mol. The maximum atomic E-state index is 13.9. The normalized spacial score (nSPS) is 27.7. The van der Waals surface area contributed by atoms with E-state index in [4.69, 9.17) is 9.47 Å². The first-order chi connectivity index (χ1) is 13.6. The summed E-state index contributed by atoms with van der Waals surface area (Å²) < 4.78 is 62.2. The average molecular weight is 416 g/mol. The predicted octanol–water partition coefficient (Wildman–Crippen LogP) is 2.96. The van der Waals surface area contributed by atoms with Crippen molar-refractivity contribution in [1.82, 2.24) is 10.2 Å². The van der Waals surface area contributed by atoms with Crippen LogP contribution in [0.3, 0.4) is 0 Å². The summed E-state index contributed by atoms with van der Waals surface area (Å²) in [5.41, 5.74) is -1.49. The van der Waals surface area contributed by atoms with Crippen LogP contribution in [0.15, 0.2) is 18.2 Å². The molecule has 3 aliphatic rings. The number of cyclic esters (lactones) is 1. The van der Waals surface area contributed by atoms with Crippen molar-refractivity contribution < 1.29 is 36.6 Å². The predicted molar refractivity (Wildman–Crippen MR) is 91.5 cm³/mol. The summed E-state index contributed by atoms with van der Waals surface area (Å²) in [4.78, 5) is 25.4. The van der Waals surface area contributed by atoms with Crippen LogP contribution >= 0.6 is 0 Å².